The van der Waals surface area contributed by atoms with Crippen LogP contribution in [0.2, 0.25) is 0 Å². The van der Waals surface area contributed by atoms with Crippen molar-refractivity contribution in [2.75, 3.05) is 13.1 Å². The number of aromatic nitrogens is 1. The number of hydrogen-bond acceptors (Lipinski definition) is 4. The van der Waals surface area contributed by atoms with E-state index in [4.69, 9.17) is 5.11 Å². The third kappa shape index (κ3) is 4.68. The first-order chi connectivity index (χ1) is 9.41. The summed E-state index contributed by atoms with van der Waals surface area (Å²) in [6.07, 6.45) is 1.26. The maximum absolute atomic E-state index is 11.7. The van der Waals surface area contributed by atoms with Gasteiger partial charge in [-0.05, 0) is 12.1 Å². The molecule has 0 saturated carbocycles. The zero-order chi connectivity index (χ0) is 15.1. The first-order valence-electron chi connectivity index (χ1n) is 6.17. The number of carboxylic acid groups (broad SMARTS) is 1. The molecule has 2 amide bonds. The fourth-order valence-corrected chi connectivity index (χ4v) is 1.34. The molecule has 0 radical (unpaired) electrons. The van der Waals surface area contributed by atoms with Crippen LogP contribution in [0.4, 0.5) is 0 Å². The second-order valence-corrected chi connectivity index (χ2v) is 4.44. The fraction of sp³-hybridized carbons (Fsp3) is 0.385. The van der Waals surface area contributed by atoms with Crippen LogP contribution in [-0.4, -0.2) is 41.0 Å². The number of nitrogens with zero attached hydrogens (tertiary/aromatic N) is 1. The lowest BCUT2D eigenvalue weighted by Crippen LogP contribution is -2.36. The van der Waals surface area contributed by atoms with Crippen molar-refractivity contribution in [3.8, 4) is 0 Å². The van der Waals surface area contributed by atoms with Gasteiger partial charge in [0.05, 0.1) is 5.56 Å². The van der Waals surface area contributed by atoms with Crippen molar-refractivity contribution >= 4 is 17.8 Å². The highest BCUT2D eigenvalue weighted by atomic mass is 16.4. The van der Waals surface area contributed by atoms with Gasteiger partial charge in [-0.25, -0.2) is 4.79 Å². The van der Waals surface area contributed by atoms with E-state index in [1.165, 1.54) is 18.3 Å². The molecule has 0 atom stereocenters. The van der Waals surface area contributed by atoms with Crippen LogP contribution in [-0.2, 0) is 4.79 Å². The minimum atomic E-state index is -1.12. The molecule has 1 aromatic rings. The molecule has 0 unspecified atom stereocenters. The molecule has 0 aliphatic rings. The van der Waals surface area contributed by atoms with Crippen molar-refractivity contribution in [3.63, 3.8) is 0 Å². The van der Waals surface area contributed by atoms with E-state index in [9.17, 15) is 14.4 Å². The number of pyridine rings is 1. The van der Waals surface area contributed by atoms with Gasteiger partial charge in [-0.15, -0.1) is 0 Å². The third-order valence-electron chi connectivity index (χ3n) is 2.47. The van der Waals surface area contributed by atoms with Crippen molar-refractivity contribution < 1.29 is 19.5 Å². The second kappa shape index (κ2) is 7.22. The molecular weight excluding hydrogens is 262 g/mol. The van der Waals surface area contributed by atoms with E-state index in [1.807, 2.05) is 0 Å². The van der Waals surface area contributed by atoms with Crippen LogP contribution in [0.5, 0.6) is 0 Å². The molecule has 0 aromatic carbocycles. The average molecular weight is 279 g/mol. The van der Waals surface area contributed by atoms with Crippen molar-refractivity contribution in [2.24, 2.45) is 5.92 Å². The zero-order valence-corrected chi connectivity index (χ0v) is 11.3. The highest BCUT2D eigenvalue weighted by Crippen LogP contribution is 2.01. The Morgan fingerprint density at radius 2 is 1.90 bits per heavy atom. The molecule has 0 bridgehead atoms. The van der Waals surface area contributed by atoms with Crippen LogP contribution < -0.4 is 10.6 Å². The van der Waals surface area contributed by atoms with Gasteiger partial charge < -0.3 is 15.7 Å². The predicted molar refractivity (Wildman–Crippen MR) is 71.4 cm³/mol. The highest BCUT2D eigenvalue weighted by molar-refractivity contribution is 5.95. The molecule has 7 nitrogen and oxygen atoms in total. The van der Waals surface area contributed by atoms with Crippen LogP contribution in [0.3, 0.4) is 0 Å². The fourth-order valence-electron chi connectivity index (χ4n) is 1.34. The topological polar surface area (TPSA) is 108 Å². The number of nitrogens with one attached hydrogen (secondary N) is 2. The van der Waals surface area contributed by atoms with E-state index in [0.717, 1.165) is 0 Å². The second-order valence-electron chi connectivity index (χ2n) is 4.44. The van der Waals surface area contributed by atoms with Crippen LogP contribution in [0.15, 0.2) is 18.3 Å². The lowest BCUT2D eigenvalue weighted by Gasteiger charge is -2.08. The van der Waals surface area contributed by atoms with Crippen molar-refractivity contribution in [3.05, 3.63) is 29.6 Å². The number of rotatable bonds is 6. The van der Waals surface area contributed by atoms with Gasteiger partial charge in [-0.3, -0.25) is 14.6 Å². The van der Waals surface area contributed by atoms with Crippen LogP contribution in [0, 0.1) is 5.92 Å². The molecule has 0 aliphatic heterocycles. The molecular formula is C13H17N3O4. The van der Waals surface area contributed by atoms with E-state index in [2.05, 4.69) is 15.6 Å². The summed E-state index contributed by atoms with van der Waals surface area (Å²) in [6.45, 7) is 4.10. The summed E-state index contributed by atoms with van der Waals surface area (Å²) in [5, 5.41) is 14.0. The maximum Gasteiger partial charge on any atom is 0.335 e. The summed E-state index contributed by atoms with van der Waals surface area (Å²) in [4.78, 5) is 37.6. The van der Waals surface area contributed by atoms with Crippen molar-refractivity contribution in [1.82, 2.24) is 15.6 Å². The molecule has 3 N–H and O–H groups in total. The molecule has 0 saturated heterocycles. The van der Waals surface area contributed by atoms with E-state index in [-0.39, 0.29) is 29.6 Å². The minimum absolute atomic E-state index is 0.00161. The van der Waals surface area contributed by atoms with Gasteiger partial charge >= 0.3 is 5.97 Å². The lowest BCUT2D eigenvalue weighted by atomic mass is 10.2. The number of hydrogen-bond donors (Lipinski definition) is 3. The largest absolute Gasteiger partial charge is 0.478 e. The lowest BCUT2D eigenvalue weighted by molar-refractivity contribution is -0.123. The van der Waals surface area contributed by atoms with Gasteiger partial charge in [-0.2, -0.15) is 0 Å². The van der Waals surface area contributed by atoms with E-state index >= 15 is 0 Å². The van der Waals surface area contributed by atoms with Gasteiger partial charge in [0.1, 0.15) is 5.69 Å². The number of aromatic carboxylic acids is 1. The predicted octanol–water partition coefficient (Wildman–Crippen LogP) is 0.282. The monoisotopic (exact) mass is 279 g/mol. The summed E-state index contributed by atoms with van der Waals surface area (Å²) >= 11 is 0. The normalized spacial score (nSPS) is 10.2. The van der Waals surface area contributed by atoms with Gasteiger partial charge in [0.15, 0.2) is 0 Å². The standard InChI is InChI=1S/C13H17N3O4/c1-8(2)11(17)15-5-6-16-12(18)10-7-9(13(19)20)3-4-14-10/h3-4,7-8H,5-6H2,1-2H3,(H,15,17)(H,16,18)(H,19,20). The molecule has 20 heavy (non-hydrogen) atoms. The zero-order valence-electron chi connectivity index (χ0n) is 11.3. The van der Waals surface area contributed by atoms with Crippen LogP contribution >= 0.6 is 0 Å². The Hall–Kier alpha value is -2.44. The van der Waals surface area contributed by atoms with Crippen molar-refractivity contribution in [1.29, 1.82) is 0 Å². The Morgan fingerprint density at radius 3 is 2.50 bits per heavy atom. The van der Waals surface area contributed by atoms with E-state index in [0.29, 0.717) is 6.54 Å². The Bertz CT molecular complexity index is 514. The third-order valence-corrected chi connectivity index (χ3v) is 2.47. The first kappa shape index (κ1) is 15.6. The van der Waals surface area contributed by atoms with Gasteiger partial charge in [0.2, 0.25) is 5.91 Å². The van der Waals surface area contributed by atoms with Gasteiger partial charge in [0, 0.05) is 25.2 Å². The van der Waals surface area contributed by atoms with Crippen molar-refractivity contribution in [2.45, 2.75) is 13.8 Å². The Labute approximate surface area is 116 Å². The Balaban J connectivity index is 2.45. The quantitative estimate of drug-likeness (QED) is 0.648. The summed E-state index contributed by atoms with van der Waals surface area (Å²) in [5.74, 6) is -1.80. The number of carbonyl (C=O) groups is 3. The van der Waals surface area contributed by atoms with Crippen LogP contribution in [0.25, 0.3) is 0 Å². The Morgan fingerprint density at radius 1 is 1.25 bits per heavy atom. The molecule has 7 heteroatoms. The molecule has 0 aliphatic carbocycles. The smallest absolute Gasteiger partial charge is 0.335 e. The molecule has 1 rings (SSSR count). The molecule has 1 aromatic heterocycles. The SMILES string of the molecule is CC(C)C(=O)NCCNC(=O)c1cc(C(=O)O)ccn1. The van der Waals surface area contributed by atoms with E-state index in [1.54, 1.807) is 13.8 Å². The summed E-state index contributed by atoms with van der Waals surface area (Å²) in [5.41, 5.74) is 0.0262. The maximum atomic E-state index is 11.7. The molecule has 1 heterocycles. The van der Waals surface area contributed by atoms with Crippen LogP contribution in [0.1, 0.15) is 34.7 Å². The highest BCUT2D eigenvalue weighted by Gasteiger charge is 2.11. The summed E-state index contributed by atoms with van der Waals surface area (Å²) < 4.78 is 0. The molecule has 108 valence electrons. The number of amides is 2. The van der Waals surface area contributed by atoms with Gasteiger partial charge in [0.25, 0.3) is 5.91 Å². The average Bonchev–Trinajstić information content (AvgIpc) is 2.43. The molecule has 0 spiro atoms. The summed E-state index contributed by atoms with van der Waals surface area (Å²) in [6, 6.07) is 2.51. The van der Waals surface area contributed by atoms with Gasteiger partial charge in [-0.1, -0.05) is 13.8 Å². The van der Waals surface area contributed by atoms with E-state index < -0.39 is 11.9 Å². The minimum Gasteiger partial charge on any atom is -0.478 e. The number of carboxylic acids is 1. The number of carbonyl (C=O) groups excluding carboxylic acids is 2. The summed E-state index contributed by atoms with van der Waals surface area (Å²) in [7, 11) is 0. The first-order valence-corrected chi connectivity index (χ1v) is 6.17. The Kier molecular flexibility index (Phi) is 5.64. The molecule has 0 fully saturated rings.